The maximum Gasteiger partial charge on any atom is 0.271 e. The van der Waals surface area contributed by atoms with Gasteiger partial charge in [-0.1, -0.05) is 62.2 Å². The molecule has 0 atom stereocenters. The topological polar surface area (TPSA) is 70.6 Å². The Hall–Kier alpha value is -3.15. The van der Waals surface area contributed by atoms with Crippen LogP contribution in [0.3, 0.4) is 0 Å². The molecule has 0 bridgehead atoms. The first kappa shape index (κ1) is 23.5. The van der Waals surface area contributed by atoms with E-state index in [9.17, 15) is 9.59 Å². The third kappa shape index (κ3) is 5.96. The van der Waals surface area contributed by atoms with Gasteiger partial charge in [0.25, 0.3) is 11.8 Å². The van der Waals surface area contributed by atoms with E-state index >= 15 is 0 Å². The zero-order valence-corrected chi connectivity index (χ0v) is 19.5. The fourth-order valence-corrected chi connectivity index (χ4v) is 3.38. The highest BCUT2D eigenvalue weighted by atomic mass is 35.5. The van der Waals surface area contributed by atoms with Gasteiger partial charge in [0.1, 0.15) is 0 Å². The molecule has 3 aromatic carbocycles. The van der Waals surface area contributed by atoms with Crippen LogP contribution in [0.15, 0.2) is 71.8 Å². The molecule has 0 radical (unpaired) electrons. The van der Waals surface area contributed by atoms with Crippen LogP contribution >= 0.6 is 23.2 Å². The van der Waals surface area contributed by atoms with Crippen molar-refractivity contribution >= 4 is 46.9 Å². The number of nitrogens with zero attached hydrogens (tertiary/aromatic N) is 1. The number of hydrazone groups is 1. The number of amides is 2. The standard InChI is InChI=1S/C25H23Cl2N3O2/c1-25(2,3)18-11-7-16(8-12-18)23(31)29-19-13-9-17(10-14-19)24(32)30-28-15-20-21(26)5-4-6-22(20)27/h4-15H,1-3H3,(H,29,31)(H,30,32)/b28-15+. The molecule has 3 rings (SSSR count). The van der Waals surface area contributed by atoms with E-state index in [0.717, 1.165) is 5.56 Å². The summed E-state index contributed by atoms with van der Waals surface area (Å²) in [6, 6.07) is 19.1. The average Bonchev–Trinajstić information content (AvgIpc) is 2.75. The van der Waals surface area contributed by atoms with Crippen LogP contribution in [0.4, 0.5) is 5.69 Å². The Morgan fingerprint density at radius 1 is 0.812 bits per heavy atom. The van der Waals surface area contributed by atoms with E-state index in [4.69, 9.17) is 23.2 Å². The number of hydrogen-bond donors (Lipinski definition) is 2. The second-order valence-corrected chi connectivity index (χ2v) is 9.01. The van der Waals surface area contributed by atoms with Crippen LogP contribution in [0.2, 0.25) is 10.0 Å². The molecule has 0 unspecified atom stereocenters. The molecule has 0 aliphatic heterocycles. The van der Waals surface area contributed by atoms with E-state index in [1.807, 2.05) is 12.1 Å². The Kier molecular flexibility index (Phi) is 7.33. The second kappa shape index (κ2) is 9.98. The number of nitrogens with one attached hydrogen (secondary N) is 2. The normalized spacial score (nSPS) is 11.4. The van der Waals surface area contributed by atoms with E-state index in [-0.39, 0.29) is 11.3 Å². The van der Waals surface area contributed by atoms with Crippen molar-refractivity contribution in [3.8, 4) is 0 Å². The lowest BCUT2D eigenvalue weighted by molar-refractivity contribution is 0.0954. The molecule has 5 nitrogen and oxygen atoms in total. The molecule has 0 heterocycles. The summed E-state index contributed by atoms with van der Waals surface area (Å²) < 4.78 is 0. The molecule has 7 heteroatoms. The number of halogens is 2. The van der Waals surface area contributed by atoms with Crippen LogP contribution in [-0.4, -0.2) is 18.0 Å². The van der Waals surface area contributed by atoms with Gasteiger partial charge >= 0.3 is 0 Å². The van der Waals surface area contributed by atoms with Gasteiger partial charge < -0.3 is 5.32 Å². The van der Waals surface area contributed by atoms with Gasteiger partial charge in [0, 0.05) is 22.4 Å². The number of benzene rings is 3. The van der Waals surface area contributed by atoms with E-state index in [0.29, 0.717) is 32.4 Å². The minimum atomic E-state index is -0.403. The molecule has 0 saturated carbocycles. The largest absolute Gasteiger partial charge is 0.322 e. The van der Waals surface area contributed by atoms with Crippen LogP contribution in [0.25, 0.3) is 0 Å². The van der Waals surface area contributed by atoms with Gasteiger partial charge in [0.05, 0.1) is 16.3 Å². The van der Waals surface area contributed by atoms with Gasteiger partial charge in [-0.3, -0.25) is 9.59 Å². The fraction of sp³-hybridized carbons (Fsp3) is 0.160. The van der Waals surface area contributed by atoms with Crippen molar-refractivity contribution in [3.63, 3.8) is 0 Å². The third-order valence-electron chi connectivity index (χ3n) is 4.78. The summed E-state index contributed by atoms with van der Waals surface area (Å²) in [6.45, 7) is 6.37. The Morgan fingerprint density at radius 3 is 1.91 bits per heavy atom. The average molecular weight is 468 g/mol. The molecule has 0 aliphatic carbocycles. The summed E-state index contributed by atoms with van der Waals surface area (Å²) >= 11 is 12.1. The predicted molar refractivity (Wildman–Crippen MR) is 131 cm³/mol. The first-order chi connectivity index (χ1) is 15.1. The van der Waals surface area contributed by atoms with Crippen molar-refractivity contribution in [2.45, 2.75) is 26.2 Å². The predicted octanol–water partition coefficient (Wildman–Crippen LogP) is 6.31. The summed E-state index contributed by atoms with van der Waals surface area (Å²) in [7, 11) is 0. The van der Waals surface area contributed by atoms with Crippen molar-refractivity contribution < 1.29 is 9.59 Å². The van der Waals surface area contributed by atoms with Crippen LogP contribution in [0.1, 0.15) is 52.6 Å². The van der Waals surface area contributed by atoms with Gasteiger partial charge in [-0.25, -0.2) is 5.43 Å². The van der Waals surface area contributed by atoms with Crippen molar-refractivity contribution in [2.75, 3.05) is 5.32 Å². The molecule has 0 aromatic heterocycles. The van der Waals surface area contributed by atoms with Crippen LogP contribution in [0.5, 0.6) is 0 Å². The molecule has 0 aliphatic rings. The van der Waals surface area contributed by atoms with Crippen molar-refractivity contribution in [1.29, 1.82) is 0 Å². The Bertz CT molecular complexity index is 1130. The number of carbonyl (C=O) groups is 2. The zero-order valence-electron chi connectivity index (χ0n) is 17.9. The van der Waals surface area contributed by atoms with Crippen LogP contribution in [0, 0.1) is 0 Å². The highest BCUT2D eigenvalue weighted by Crippen LogP contribution is 2.23. The summed E-state index contributed by atoms with van der Waals surface area (Å²) in [6.07, 6.45) is 1.39. The molecule has 0 fully saturated rings. The first-order valence-electron chi connectivity index (χ1n) is 9.94. The smallest absolute Gasteiger partial charge is 0.271 e. The number of rotatable bonds is 5. The number of carbonyl (C=O) groups excluding carboxylic acids is 2. The molecule has 2 N–H and O–H groups in total. The van der Waals surface area contributed by atoms with Gasteiger partial charge in [-0.2, -0.15) is 5.10 Å². The molecule has 2 amide bonds. The van der Waals surface area contributed by atoms with Gasteiger partial charge in [-0.15, -0.1) is 0 Å². The number of hydrogen-bond acceptors (Lipinski definition) is 3. The summed E-state index contributed by atoms with van der Waals surface area (Å²) in [5, 5.41) is 7.61. The number of anilines is 1. The monoisotopic (exact) mass is 467 g/mol. The SMILES string of the molecule is CC(C)(C)c1ccc(C(=O)Nc2ccc(C(=O)N/N=C/c3c(Cl)cccc3Cl)cc2)cc1. The Balaban J connectivity index is 1.60. The lowest BCUT2D eigenvalue weighted by atomic mass is 9.87. The molecular formula is C25H23Cl2N3O2. The fourth-order valence-electron chi connectivity index (χ4n) is 2.88. The van der Waals surface area contributed by atoms with Gasteiger partial charge in [0.15, 0.2) is 0 Å². The first-order valence-corrected chi connectivity index (χ1v) is 10.7. The van der Waals surface area contributed by atoms with Gasteiger partial charge in [0.2, 0.25) is 0 Å². The summed E-state index contributed by atoms with van der Waals surface area (Å²) in [5.41, 5.74) is 5.66. The van der Waals surface area contributed by atoms with E-state index < -0.39 is 5.91 Å². The minimum absolute atomic E-state index is 0.0229. The molecule has 0 spiro atoms. The van der Waals surface area contributed by atoms with E-state index in [1.165, 1.54) is 6.21 Å². The highest BCUT2D eigenvalue weighted by Gasteiger charge is 2.14. The quantitative estimate of drug-likeness (QED) is 0.341. The highest BCUT2D eigenvalue weighted by molar-refractivity contribution is 6.38. The Morgan fingerprint density at radius 2 is 1.34 bits per heavy atom. The van der Waals surface area contributed by atoms with Crippen LogP contribution in [-0.2, 0) is 5.41 Å². The lowest BCUT2D eigenvalue weighted by Gasteiger charge is -2.19. The van der Waals surface area contributed by atoms with Crippen LogP contribution < -0.4 is 10.7 Å². The molecule has 32 heavy (non-hydrogen) atoms. The van der Waals surface area contributed by atoms with E-state index in [1.54, 1.807) is 54.6 Å². The van der Waals surface area contributed by atoms with Crippen molar-refractivity contribution in [3.05, 3.63) is 99.0 Å². The summed E-state index contributed by atoms with van der Waals surface area (Å²) in [4.78, 5) is 24.8. The lowest BCUT2D eigenvalue weighted by Crippen LogP contribution is -2.18. The maximum atomic E-state index is 12.5. The molecular weight excluding hydrogens is 445 g/mol. The van der Waals surface area contributed by atoms with Crippen molar-refractivity contribution in [1.82, 2.24) is 5.43 Å². The molecule has 164 valence electrons. The van der Waals surface area contributed by atoms with Gasteiger partial charge in [-0.05, 0) is 59.5 Å². The summed E-state index contributed by atoms with van der Waals surface area (Å²) in [5.74, 6) is -0.621. The minimum Gasteiger partial charge on any atom is -0.322 e. The third-order valence-corrected chi connectivity index (χ3v) is 5.44. The van der Waals surface area contributed by atoms with E-state index in [2.05, 4.69) is 36.6 Å². The second-order valence-electron chi connectivity index (χ2n) is 8.19. The molecule has 0 saturated heterocycles. The zero-order chi connectivity index (χ0) is 23.3. The molecule has 3 aromatic rings. The Labute approximate surface area is 197 Å². The van der Waals surface area contributed by atoms with Crippen molar-refractivity contribution in [2.24, 2.45) is 5.10 Å². The maximum absolute atomic E-state index is 12.5.